The summed E-state index contributed by atoms with van der Waals surface area (Å²) in [4.78, 5) is 16.8. The summed E-state index contributed by atoms with van der Waals surface area (Å²) in [6.45, 7) is 8.39. The van der Waals surface area contributed by atoms with Crippen molar-refractivity contribution in [2.75, 3.05) is 39.3 Å². The smallest absolute Gasteiger partial charge is 0.253 e. The van der Waals surface area contributed by atoms with E-state index >= 15 is 0 Å². The summed E-state index contributed by atoms with van der Waals surface area (Å²) in [5.41, 5.74) is 2.47. The van der Waals surface area contributed by atoms with Crippen molar-refractivity contribution in [3.63, 3.8) is 0 Å². The highest BCUT2D eigenvalue weighted by atomic mass is 16.2. The van der Waals surface area contributed by atoms with Crippen LogP contribution in [-0.4, -0.2) is 60.1 Å². The Bertz CT molecular complexity index is 564. The Morgan fingerprint density at radius 1 is 1.24 bits per heavy atom. The molecule has 1 N–H and O–H groups in total. The number of amides is 1. The van der Waals surface area contributed by atoms with Gasteiger partial charge >= 0.3 is 0 Å². The predicted octanol–water partition coefficient (Wildman–Crippen LogP) is 1.12. The molecule has 1 aromatic carbocycles. The molecule has 4 heteroatoms. The van der Waals surface area contributed by atoms with Gasteiger partial charge in [-0.1, -0.05) is 18.8 Å². The van der Waals surface area contributed by atoms with E-state index in [2.05, 4.69) is 23.7 Å². The average Bonchev–Trinajstić information content (AvgIpc) is 2.51. The summed E-state index contributed by atoms with van der Waals surface area (Å²) in [5.74, 6) is 5.57. The van der Waals surface area contributed by atoms with E-state index in [1.54, 1.807) is 0 Å². The number of aryl methyl sites for hydroxylation is 1. The van der Waals surface area contributed by atoms with Crippen LogP contribution >= 0.6 is 0 Å². The summed E-state index contributed by atoms with van der Waals surface area (Å²) in [7, 11) is 0. The number of hydrogen-bond donors (Lipinski definition) is 1. The number of carbonyl (C=O) groups is 1. The number of carbonyl (C=O) groups excluding carboxylic acids is 1. The van der Waals surface area contributed by atoms with Gasteiger partial charge in [-0.2, -0.15) is 0 Å². The number of benzene rings is 1. The lowest BCUT2D eigenvalue weighted by atomic mass is 10.1. The maximum atomic E-state index is 12.6. The van der Waals surface area contributed by atoms with Gasteiger partial charge in [-0.25, -0.2) is 0 Å². The quantitative estimate of drug-likeness (QED) is 0.829. The van der Waals surface area contributed by atoms with Crippen molar-refractivity contribution in [1.82, 2.24) is 9.80 Å². The topological polar surface area (TPSA) is 43.8 Å². The molecule has 0 aromatic heterocycles. The van der Waals surface area contributed by atoms with Gasteiger partial charge in [-0.05, 0) is 37.2 Å². The van der Waals surface area contributed by atoms with Gasteiger partial charge < -0.3 is 14.9 Å². The molecule has 112 valence electrons. The first-order chi connectivity index (χ1) is 10.1. The maximum Gasteiger partial charge on any atom is 0.253 e. The molecule has 0 aliphatic carbocycles. The van der Waals surface area contributed by atoms with Crippen molar-refractivity contribution >= 4 is 5.91 Å². The number of likely N-dealkylation sites (N-methyl/N-ethyl adjacent to an activating group) is 1. The van der Waals surface area contributed by atoms with E-state index in [1.807, 2.05) is 30.0 Å². The fourth-order valence-corrected chi connectivity index (χ4v) is 2.57. The molecule has 1 aliphatic heterocycles. The van der Waals surface area contributed by atoms with Crippen molar-refractivity contribution in [2.24, 2.45) is 0 Å². The molecule has 1 heterocycles. The zero-order valence-electron chi connectivity index (χ0n) is 12.7. The van der Waals surface area contributed by atoms with E-state index in [1.165, 1.54) is 0 Å². The van der Waals surface area contributed by atoms with E-state index in [-0.39, 0.29) is 12.5 Å². The molecule has 0 bridgehead atoms. The lowest BCUT2D eigenvalue weighted by Gasteiger charge is -2.34. The van der Waals surface area contributed by atoms with Gasteiger partial charge in [0.15, 0.2) is 0 Å². The Kier molecular flexibility index (Phi) is 5.38. The van der Waals surface area contributed by atoms with Gasteiger partial charge in [-0.15, -0.1) is 0 Å². The van der Waals surface area contributed by atoms with E-state index < -0.39 is 0 Å². The van der Waals surface area contributed by atoms with Gasteiger partial charge in [0.05, 0.1) is 0 Å². The second kappa shape index (κ2) is 7.26. The van der Waals surface area contributed by atoms with Gasteiger partial charge in [0.1, 0.15) is 6.61 Å². The SMILES string of the molecule is CCN1CCN(C(=O)c2cc(C)cc(C#CCO)c2)CC1. The molecule has 1 aliphatic rings. The van der Waals surface area contributed by atoms with Crippen molar-refractivity contribution in [3.05, 3.63) is 34.9 Å². The summed E-state index contributed by atoms with van der Waals surface area (Å²) >= 11 is 0. The second-order valence-corrected chi connectivity index (χ2v) is 5.27. The second-order valence-electron chi connectivity index (χ2n) is 5.27. The summed E-state index contributed by atoms with van der Waals surface area (Å²) in [6, 6.07) is 5.64. The van der Waals surface area contributed by atoms with Crippen molar-refractivity contribution in [3.8, 4) is 11.8 Å². The van der Waals surface area contributed by atoms with E-state index in [0.29, 0.717) is 5.56 Å². The first kappa shape index (κ1) is 15.6. The molecule has 0 radical (unpaired) electrons. The molecule has 0 spiro atoms. The number of hydrogen-bond acceptors (Lipinski definition) is 3. The molecule has 2 rings (SSSR count). The third-order valence-corrected chi connectivity index (χ3v) is 3.74. The third-order valence-electron chi connectivity index (χ3n) is 3.74. The summed E-state index contributed by atoms with van der Waals surface area (Å²) < 4.78 is 0. The summed E-state index contributed by atoms with van der Waals surface area (Å²) in [5, 5.41) is 8.77. The molecule has 0 saturated carbocycles. The Balaban J connectivity index is 2.14. The zero-order valence-corrected chi connectivity index (χ0v) is 12.7. The largest absolute Gasteiger partial charge is 0.384 e. The molecule has 1 fully saturated rings. The monoisotopic (exact) mass is 286 g/mol. The molecule has 1 amide bonds. The Morgan fingerprint density at radius 3 is 2.57 bits per heavy atom. The van der Waals surface area contributed by atoms with Crippen LogP contribution in [-0.2, 0) is 0 Å². The van der Waals surface area contributed by atoms with Crippen LogP contribution in [0.25, 0.3) is 0 Å². The van der Waals surface area contributed by atoms with E-state index in [0.717, 1.165) is 43.9 Å². The minimum atomic E-state index is -0.170. The van der Waals surface area contributed by atoms with E-state index in [4.69, 9.17) is 5.11 Å². The molecular formula is C17H22N2O2. The Morgan fingerprint density at radius 2 is 1.95 bits per heavy atom. The lowest BCUT2D eigenvalue weighted by molar-refractivity contribution is 0.0643. The summed E-state index contributed by atoms with van der Waals surface area (Å²) in [6.07, 6.45) is 0. The molecule has 1 aromatic rings. The molecule has 4 nitrogen and oxygen atoms in total. The number of aliphatic hydroxyl groups excluding tert-OH is 1. The lowest BCUT2D eigenvalue weighted by Crippen LogP contribution is -2.48. The first-order valence-corrected chi connectivity index (χ1v) is 7.37. The van der Waals surface area contributed by atoms with Gasteiger partial charge in [0.2, 0.25) is 0 Å². The number of aliphatic hydroxyl groups is 1. The zero-order chi connectivity index (χ0) is 15.2. The maximum absolute atomic E-state index is 12.6. The van der Waals surface area contributed by atoms with Gasteiger partial charge in [0, 0.05) is 37.3 Å². The number of rotatable bonds is 2. The van der Waals surface area contributed by atoms with Crippen molar-refractivity contribution in [2.45, 2.75) is 13.8 Å². The minimum Gasteiger partial charge on any atom is -0.384 e. The van der Waals surface area contributed by atoms with Crippen LogP contribution in [0.15, 0.2) is 18.2 Å². The normalized spacial score (nSPS) is 15.5. The molecule has 21 heavy (non-hydrogen) atoms. The molecule has 1 saturated heterocycles. The highest BCUT2D eigenvalue weighted by Gasteiger charge is 2.21. The third kappa shape index (κ3) is 4.07. The standard InChI is InChI=1S/C17H22N2O2/c1-3-18-6-8-19(9-7-18)17(21)16-12-14(2)11-15(13-16)5-4-10-20/h11-13,20H,3,6-10H2,1-2H3. The van der Waals surface area contributed by atoms with Crippen LogP contribution in [0.3, 0.4) is 0 Å². The van der Waals surface area contributed by atoms with E-state index in [9.17, 15) is 4.79 Å². The Labute approximate surface area is 126 Å². The fourth-order valence-electron chi connectivity index (χ4n) is 2.57. The van der Waals surface area contributed by atoms with Crippen LogP contribution in [0.4, 0.5) is 0 Å². The predicted molar refractivity (Wildman–Crippen MR) is 83.2 cm³/mol. The number of piperazine rings is 1. The average molecular weight is 286 g/mol. The van der Waals surface area contributed by atoms with Crippen LogP contribution in [0.1, 0.15) is 28.4 Å². The molecular weight excluding hydrogens is 264 g/mol. The first-order valence-electron chi connectivity index (χ1n) is 7.37. The van der Waals surface area contributed by atoms with Gasteiger partial charge in [-0.3, -0.25) is 4.79 Å². The highest BCUT2D eigenvalue weighted by Crippen LogP contribution is 2.13. The highest BCUT2D eigenvalue weighted by molar-refractivity contribution is 5.95. The van der Waals surface area contributed by atoms with Crippen LogP contribution < -0.4 is 0 Å². The molecule has 0 atom stereocenters. The van der Waals surface area contributed by atoms with Crippen LogP contribution in [0, 0.1) is 18.8 Å². The van der Waals surface area contributed by atoms with Crippen LogP contribution in [0.2, 0.25) is 0 Å². The number of nitrogens with zero attached hydrogens (tertiary/aromatic N) is 2. The fraction of sp³-hybridized carbons (Fsp3) is 0.471. The van der Waals surface area contributed by atoms with Gasteiger partial charge in [0.25, 0.3) is 5.91 Å². The van der Waals surface area contributed by atoms with Crippen molar-refractivity contribution < 1.29 is 9.90 Å². The van der Waals surface area contributed by atoms with Crippen LogP contribution in [0.5, 0.6) is 0 Å². The minimum absolute atomic E-state index is 0.0708. The molecule has 0 unspecified atom stereocenters. The van der Waals surface area contributed by atoms with Crippen molar-refractivity contribution in [1.29, 1.82) is 0 Å². The Hall–Kier alpha value is -1.83.